The number of halogens is 3. The third kappa shape index (κ3) is 3.94. The molecule has 0 atom stereocenters. The molecule has 0 aliphatic carbocycles. The number of amides is 1. The molecule has 1 amide bonds. The summed E-state index contributed by atoms with van der Waals surface area (Å²) in [6, 6.07) is 0. The molecule has 0 radical (unpaired) electrons. The maximum atomic E-state index is 12.6. The zero-order valence-corrected chi connectivity index (χ0v) is 14.4. The van der Waals surface area contributed by atoms with Gasteiger partial charge in [0.1, 0.15) is 5.82 Å². The number of nitrogens with zero attached hydrogens (tertiary/aromatic N) is 3. The molecular weight excluding hydrogens is 367 g/mol. The SMILES string of the molecule is CC(C)(C)c1nc2c(c(OS(=O)(=O)C(F)(F)F)n1)CCN(C(=O)O)C2. The average Bonchev–Trinajstić information content (AvgIpc) is 2.43. The van der Waals surface area contributed by atoms with Crippen LogP contribution >= 0.6 is 0 Å². The van der Waals surface area contributed by atoms with Gasteiger partial charge >= 0.3 is 21.7 Å². The van der Waals surface area contributed by atoms with Crippen LogP contribution in [0.5, 0.6) is 5.88 Å². The highest BCUT2D eigenvalue weighted by molar-refractivity contribution is 7.87. The number of rotatable bonds is 2. The van der Waals surface area contributed by atoms with Crippen molar-refractivity contribution in [1.82, 2.24) is 14.9 Å². The van der Waals surface area contributed by atoms with E-state index in [1.165, 1.54) is 0 Å². The molecule has 1 aromatic heterocycles. The number of hydrogen-bond acceptors (Lipinski definition) is 6. The van der Waals surface area contributed by atoms with Gasteiger partial charge in [-0.25, -0.2) is 9.78 Å². The van der Waals surface area contributed by atoms with Crippen molar-refractivity contribution >= 4 is 16.2 Å². The van der Waals surface area contributed by atoms with Crippen molar-refractivity contribution in [3.8, 4) is 5.88 Å². The highest BCUT2D eigenvalue weighted by atomic mass is 32.2. The fourth-order valence-corrected chi connectivity index (χ4v) is 2.55. The van der Waals surface area contributed by atoms with Crippen molar-refractivity contribution in [1.29, 1.82) is 0 Å². The summed E-state index contributed by atoms with van der Waals surface area (Å²) in [5.41, 5.74) is -6.14. The number of aromatic nitrogens is 2. The van der Waals surface area contributed by atoms with E-state index in [2.05, 4.69) is 14.2 Å². The van der Waals surface area contributed by atoms with Crippen LogP contribution in [0.15, 0.2) is 0 Å². The minimum atomic E-state index is -5.90. The van der Waals surface area contributed by atoms with Gasteiger partial charge in [-0.2, -0.15) is 26.6 Å². The van der Waals surface area contributed by atoms with Crippen LogP contribution in [0.25, 0.3) is 0 Å². The molecule has 0 aromatic carbocycles. The highest BCUT2D eigenvalue weighted by Crippen LogP contribution is 2.33. The van der Waals surface area contributed by atoms with E-state index in [0.717, 1.165) is 4.90 Å². The predicted molar refractivity (Wildman–Crippen MR) is 78.5 cm³/mol. The Morgan fingerprint density at radius 2 is 1.84 bits per heavy atom. The zero-order chi connectivity index (χ0) is 19.2. The van der Waals surface area contributed by atoms with Gasteiger partial charge in [-0.05, 0) is 6.42 Å². The van der Waals surface area contributed by atoms with Crippen molar-refractivity contribution in [3.63, 3.8) is 0 Å². The molecule has 0 unspecified atom stereocenters. The summed E-state index contributed by atoms with van der Waals surface area (Å²) in [5.74, 6) is -0.664. The topological polar surface area (TPSA) is 110 Å². The summed E-state index contributed by atoms with van der Waals surface area (Å²) in [5, 5.41) is 9.06. The molecule has 1 N–H and O–H groups in total. The third-order valence-electron chi connectivity index (χ3n) is 3.44. The molecular formula is C13H16F3N3O5S. The highest BCUT2D eigenvalue weighted by Gasteiger charge is 2.49. The van der Waals surface area contributed by atoms with Crippen LogP contribution in [0.2, 0.25) is 0 Å². The second kappa shape index (κ2) is 6.00. The van der Waals surface area contributed by atoms with Gasteiger partial charge in [-0.15, -0.1) is 0 Å². The zero-order valence-electron chi connectivity index (χ0n) is 13.6. The standard InChI is InChI=1S/C13H16F3N3O5S/c1-12(2,3)10-17-8-6-19(11(20)21)5-4-7(8)9(18-10)24-25(22,23)13(14,15)16/h4-6H2,1-3H3,(H,20,21). The summed E-state index contributed by atoms with van der Waals surface area (Å²) < 4.78 is 64.7. The smallest absolute Gasteiger partial charge is 0.465 e. The molecule has 2 rings (SSSR count). The van der Waals surface area contributed by atoms with E-state index in [4.69, 9.17) is 5.11 Å². The third-order valence-corrected chi connectivity index (χ3v) is 4.38. The van der Waals surface area contributed by atoms with Crippen LogP contribution in [0, 0.1) is 0 Å². The summed E-state index contributed by atoms with van der Waals surface area (Å²) in [7, 11) is -5.90. The van der Waals surface area contributed by atoms with Gasteiger partial charge in [-0.3, -0.25) is 0 Å². The van der Waals surface area contributed by atoms with E-state index >= 15 is 0 Å². The fourth-order valence-electron chi connectivity index (χ4n) is 2.11. The van der Waals surface area contributed by atoms with E-state index in [0.29, 0.717) is 0 Å². The van der Waals surface area contributed by atoms with Gasteiger partial charge in [-0.1, -0.05) is 20.8 Å². The predicted octanol–water partition coefficient (Wildman–Crippen LogP) is 2.04. The van der Waals surface area contributed by atoms with E-state index < -0.39 is 33.0 Å². The first-order valence-electron chi connectivity index (χ1n) is 7.11. The maximum Gasteiger partial charge on any atom is 0.534 e. The van der Waals surface area contributed by atoms with E-state index in [1.807, 2.05) is 0 Å². The molecule has 0 saturated carbocycles. The van der Waals surface area contributed by atoms with Gasteiger partial charge in [0.05, 0.1) is 12.2 Å². The molecule has 0 fully saturated rings. The lowest BCUT2D eigenvalue weighted by Crippen LogP contribution is -2.37. The number of alkyl halides is 3. The van der Waals surface area contributed by atoms with Gasteiger partial charge in [0.2, 0.25) is 5.88 Å². The molecule has 0 saturated heterocycles. The number of fused-ring (bicyclic) bond motifs is 1. The summed E-state index contributed by atoms with van der Waals surface area (Å²) in [6.07, 6.45) is -1.28. The van der Waals surface area contributed by atoms with E-state index in [9.17, 15) is 26.4 Å². The molecule has 1 aliphatic rings. The Kier molecular flexibility index (Phi) is 4.61. The van der Waals surface area contributed by atoms with Crippen LogP contribution in [-0.2, 0) is 28.5 Å². The monoisotopic (exact) mass is 383 g/mol. The van der Waals surface area contributed by atoms with Crippen molar-refractivity contribution in [2.45, 2.75) is 44.7 Å². The maximum absolute atomic E-state index is 12.6. The molecule has 0 spiro atoms. The first-order chi connectivity index (χ1) is 11.2. The summed E-state index contributed by atoms with van der Waals surface area (Å²) in [4.78, 5) is 20.2. The van der Waals surface area contributed by atoms with Crippen molar-refractivity contribution in [3.05, 3.63) is 17.1 Å². The van der Waals surface area contributed by atoms with Crippen LogP contribution < -0.4 is 4.18 Å². The van der Waals surface area contributed by atoms with E-state index in [1.54, 1.807) is 20.8 Å². The van der Waals surface area contributed by atoms with Gasteiger partial charge < -0.3 is 14.2 Å². The molecule has 1 aliphatic heterocycles. The molecule has 1 aromatic rings. The van der Waals surface area contributed by atoms with Crippen LogP contribution in [0.4, 0.5) is 18.0 Å². The van der Waals surface area contributed by atoms with E-state index in [-0.39, 0.29) is 36.6 Å². The second-order valence-electron chi connectivity index (χ2n) is 6.46. The first-order valence-corrected chi connectivity index (χ1v) is 8.52. The molecule has 2 heterocycles. The Bertz CT molecular complexity index is 802. The van der Waals surface area contributed by atoms with Crippen molar-refractivity contribution in [2.24, 2.45) is 0 Å². The molecule has 8 nitrogen and oxygen atoms in total. The van der Waals surface area contributed by atoms with Crippen LogP contribution in [0.3, 0.4) is 0 Å². The summed E-state index contributed by atoms with van der Waals surface area (Å²) >= 11 is 0. The minimum Gasteiger partial charge on any atom is -0.465 e. The molecule has 25 heavy (non-hydrogen) atoms. The van der Waals surface area contributed by atoms with Gasteiger partial charge in [0.25, 0.3) is 0 Å². The van der Waals surface area contributed by atoms with Crippen LogP contribution in [-0.4, -0.2) is 46.5 Å². The van der Waals surface area contributed by atoms with Gasteiger partial charge in [0.15, 0.2) is 0 Å². The normalized spacial score (nSPS) is 15.7. The molecule has 12 heteroatoms. The molecule has 140 valence electrons. The largest absolute Gasteiger partial charge is 0.534 e. The lowest BCUT2D eigenvalue weighted by molar-refractivity contribution is -0.0501. The Morgan fingerprint density at radius 1 is 1.24 bits per heavy atom. The fraction of sp³-hybridized carbons (Fsp3) is 0.615. The Morgan fingerprint density at radius 3 is 2.32 bits per heavy atom. The Labute approximate surface area is 141 Å². The number of hydrogen-bond donors (Lipinski definition) is 1. The summed E-state index contributed by atoms with van der Waals surface area (Å²) in [6.45, 7) is 4.79. The average molecular weight is 383 g/mol. The van der Waals surface area contributed by atoms with Crippen molar-refractivity contribution < 1.29 is 35.7 Å². The second-order valence-corrected chi connectivity index (χ2v) is 8.00. The lowest BCUT2D eigenvalue weighted by Gasteiger charge is -2.28. The van der Waals surface area contributed by atoms with Gasteiger partial charge in [0, 0.05) is 17.5 Å². The Hall–Kier alpha value is -2.11. The lowest BCUT2D eigenvalue weighted by atomic mass is 9.95. The molecule has 0 bridgehead atoms. The number of carboxylic acid groups (broad SMARTS) is 1. The quantitative estimate of drug-likeness (QED) is 0.615. The minimum absolute atomic E-state index is 0.0387. The van der Waals surface area contributed by atoms with Crippen molar-refractivity contribution in [2.75, 3.05) is 6.54 Å². The Balaban J connectivity index is 2.57. The number of carbonyl (C=O) groups is 1. The van der Waals surface area contributed by atoms with Crippen LogP contribution in [0.1, 0.15) is 37.9 Å². The first kappa shape index (κ1) is 19.2.